The highest BCUT2D eigenvalue weighted by Gasteiger charge is 2.14. The van der Waals surface area contributed by atoms with Crippen molar-refractivity contribution in [3.63, 3.8) is 0 Å². The summed E-state index contributed by atoms with van der Waals surface area (Å²) in [7, 11) is 1.88. The molecule has 0 unspecified atom stereocenters. The molecule has 0 radical (unpaired) electrons. The van der Waals surface area contributed by atoms with Gasteiger partial charge in [-0.15, -0.1) is 11.3 Å². The smallest absolute Gasteiger partial charge is 0.167 e. The fourth-order valence-corrected chi connectivity index (χ4v) is 3.38. The van der Waals surface area contributed by atoms with Gasteiger partial charge in [0.25, 0.3) is 0 Å². The van der Waals surface area contributed by atoms with Gasteiger partial charge in [0.15, 0.2) is 5.82 Å². The van der Waals surface area contributed by atoms with Crippen LogP contribution in [0.1, 0.15) is 4.88 Å². The Balaban J connectivity index is 2.01. The van der Waals surface area contributed by atoms with E-state index in [1.807, 2.05) is 31.3 Å². The van der Waals surface area contributed by atoms with Gasteiger partial charge in [-0.05, 0) is 19.1 Å². The van der Waals surface area contributed by atoms with Gasteiger partial charge in [-0.1, -0.05) is 18.2 Å². The highest BCUT2D eigenvalue weighted by molar-refractivity contribution is 7.18. The molecule has 0 aliphatic carbocycles. The summed E-state index contributed by atoms with van der Waals surface area (Å²) in [5, 5.41) is 5.26. The molecule has 1 N–H and O–H groups in total. The van der Waals surface area contributed by atoms with Crippen molar-refractivity contribution in [1.29, 1.82) is 0 Å². The van der Waals surface area contributed by atoms with Crippen molar-refractivity contribution in [2.75, 3.05) is 12.4 Å². The summed E-state index contributed by atoms with van der Waals surface area (Å²) in [6, 6.07) is 10.0. The van der Waals surface area contributed by atoms with E-state index in [1.54, 1.807) is 17.6 Å². The zero-order chi connectivity index (χ0) is 14.4. The maximum Gasteiger partial charge on any atom is 0.167 e. The van der Waals surface area contributed by atoms with Crippen molar-refractivity contribution in [2.45, 2.75) is 6.92 Å². The summed E-state index contributed by atoms with van der Waals surface area (Å²) in [4.78, 5) is 11.6. The van der Waals surface area contributed by atoms with Gasteiger partial charge < -0.3 is 9.73 Å². The zero-order valence-electron chi connectivity index (χ0n) is 11.7. The molecule has 5 heteroatoms. The first kappa shape index (κ1) is 12.3. The predicted molar refractivity (Wildman–Crippen MR) is 86.9 cm³/mol. The SMILES string of the molecule is CNc1nc(-c2coc3ccccc23)nc2sc(C)cc12. The van der Waals surface area contributed by atoms with Crippen LogP contribution in [0.3, 0.4) is 0 Å². The minimum absolute atomic E-state index is 0.693. The molecule has 0 atom stereocenters. The van der Waals surface area contributed by atoms with Crippen LogP contribution >= 0.6 is 11.3 Å². The zero-order valence-corrected chi connectivity index (χ0v) is 12.5. The number of nitrogens with zero attached hydrogens (tertiary/aromatic N) is 2. The quantitative estimate of drug-likeness (QED) is 0.593. The van der Waals surface area contributed by atoms with Crippen LogP contribution in [0.25, 0.3) is 32.6 Å². The molecular weight excluding hydrogens is 282 g/mol. The van der Waals surface area contributed by atoms with Crippen LogP contribution in [0.4, 0.5) is 5.82 Å². The molecule has 4 aromatic rings. The highest BCUT2D eigenvalue weighted by Crippen LogP contribution is 2.33. The number of aromatic nitrogens is 2. The molecule has 0 aliphatic heterocycles. The van der Waals surface area contributed by atoms with Crippen LogP contribution in [-0.4, -0.2) is 17.0 Å². The lowest BCUT2D eigenvalue weighted by atomic mass is 10.1. The fourth-order valence-electron chi connectivity index (χ4n) is 2.50. The normalized spacial score (nSPS) is 11.3. The third-order valence-electron chi connectivity index (χ3n) is 3.47. The van der Waals surface area contributed by atoms with Crippen LogP contribution in [0.5, 0.6) is 0 Å². The van der Waals surface area contributed by atoms with Crippen LogP contribution in [-0.2, 0) is 0 Å². The van der Waals surface area contributed by atoms with Crippen molar-refractivity contribution < 1.29 is 4.42 Å². The van der Waals surface area contributed by atoms with Crippen molar-refractivity contribution in [3.05, 3.63) is 41.5 Å². The molecule has 0 saturated heterocycles. The maximum atomic E-state index is 5.60. The standard InChI is InChI=1S/C16H13N3OS/c1-9-7-11-14(17-2)18-15(19-16(11)21-9)12-8-20-13-6-4-3-5-10(12)13/h3-8H,1-2H3,(H,17,18,19). The molecule has 0 fully saturated rings. The number of rotatable bonds is 2. The predicted octanol–water partition coefficient (Wildman–Crippen LogP) is 4.45. The molecule has 3 aromatic heterocycles. The second-order valence-corrected chi connectivity index (χ2v) is 6.10. The second-order valence-electron chi connectivity index (χ2n) is 4.87. The van der Waals surface area contributed by atoms with Crippen LogP contribution in [0, 0.1) is 6.92 Å². The largest absolute Gasteiger partial charge is 0.464 e. The topological polar surface area (TPSA) is 51.0 Å². The van der Waals surface area contributed by atoms with Crippen molar-refractivity contribution in [2.24, 2.45) is 0 Å². The van der Waals surface area contributed by atoms with E-state index >= 15 is 0 Å². The van der Waals surface area contributed by atoms with E-state index < -0.39 is 0 Å². The van der Waals surface area contributed by atoms with Crippen LogP contribution in [0.15, 0.2) is 41.0 Å². The molecule has 0 amide bonds. The number of benzene rings is 1. The van der Waals surface area contributed by atoms with Crippen molar-refractivity contribution in [3.8, 4) is 11.4 Å². The Kier molecular flexibility index (Phi) is 2.68. The molecule has 0 bridgehead atoms. The Bertz CT molecular complexity index is 955. The van der Waals surface area contributed by atoms with E-state index in [1.165, 1.54) is 4.88 Å². The Morgan fingerprint density at radius 2 is 2.00 bits per heavy atom. The number of aryl methyl sites for hydroxylation is 1. The number of furan rings is 1. The van der Waals surface area contributed by atoms with E-state index in [0.717, 1.165) is 32.6 Å². The van der Waals surface area contributed by atoms with Gasteiger partial charge in [0.2, 0.25) is 0 Å². The Morgan fingerprint density at radius 3 is 2.86 bits per heavy atom. The molecule has 0 saturated carbocycles. The summed E-state index contributed by atoms with van der Waals surface area (Å²) in [5.41, 5.74) is 1.78. The average molecular weight is 295 g/mol. The molecule has 0 spiro atoms. The molecular formula is C16H13N3OS. The van der Waals surface area contributed by atoms with Gasteiger partial charge in [0.1, 0.15) is 22.5 Å². The van der Waals surface area contributed by atoms with Gasteiger partial charge in [0, 0.05) is 17.3 Å². The van der Waals surface area contributed by atoms with Gasteiger partial charge in [-0.3, -0.25) is 0 Å². The number of hydrogen-bond donors (Lipinski definition) is 1. The average Bonchev–Trinajstić information content (AvgIpc) is 3.08. The fraction of sp³-hybridized carbons (Fsp3) is 0.125. The lowest BCUT2D eigenvalue weighted by Crippen LogP contribution is -1.96. The van der Waals surface area contributed by atoms with E-state index in [4.69, 9.17) is 9.40 Å². The minimum atomic E-state index is 0.693. The van der Waals surface area contributed by atoms with Gasteiger partial charge in [-0.2, -0.15) is 0 Å². The minimum Gasteiger partial charge on any atom is -0.464 e. The van der Waals surface area contributed by atoms with Gasteiger partial charge >= 0.3 is 0 Å². The summed E-state index contributed by atoms with van der Waals surface area (Å²) in [6.45, 7) is 2.08. The first-order chi connectivity index (χ1) is 10.3. The molecule has 0 aliphatic rings. The van der Waals surface area contributed by atoms with E-state index in [2.05, 4.69) is 23.3 Å². The Labute approximate surface area is 125 Å². The van der Waals surface area contributed by atoms with Crippen LogP contribution < -0.4 is 5.32 Å². The maximum absolute atomic E-state index is 5.60. The molecule has 4 nitrogen and oxygen atoms in total. The van der Waals surface area contributed by atoms with E-state index in [0.29, 0.717) is 5.82 Å². The molecule has 4 rings (SSSR count). The van der Waals surface area contributed by atoms with Crippen LogP contribution in [0.2, 0.25) is 0 Å². The first-order valence-corrected chi connectivity index (χ1v) is 7.50. The van der Waals surface area contributed by atoms with Crippen molar-refractivity contribution in [1.82, 2.24) is 9.97 Å². The number of thiophene rings is 1. The molecule has 3 heterocycles. The molecule has 104 valence electrons. The van der Waals surface area contributed by atoms with Gasteiger partial charge in [-0.25, -0.2) is 9.97 Å². The number of nitrogens with one attached hydrogen (secondary N) is 1. The lowest BCUT2D eigenvalue weighted by Gasteiger charge is -2.04. The lowest BCUT2D eigenvalue weighted by molar-refractivity contribution is 0.616. The number of anilines is 1. The summed E-state index contributed by atoms with van der Waals surface area (Å²) < 4.78 is 5.60. The molecule has 21 heavy (non-hydrogen) atoms. The first-order valence-electron chi connectivity index (χ1n) is 6.69. The Hall–Kier alpha value is -2.40. The summed E-state index contributed by atoms with van der Waals surface area (Å²) in [5.74, 6) is 1.54. The number of para-hydroxylation sites is 1. The highest BCUT2D eigenvalue weighted by atomic mass is 32.1. The third kappa shape index (κ3) is 1.89. The third-order valence-corrected chi connectivity index (χ3v) is 4.42. The monoisotopic (exact) mass is 295 g/mol. The summed E-state index contributed by atoms with van der Waals surface area (Å²) in [6.07, 6.45) is 1.73. The molecule has 1 aromatic carbocycles. The summed E-state index contributed by atoms with van der Waals surface area (Å²) >= 11 is 1.68. The van der Waals surface area contributed by atoms with E-state index in [-0.39, 0.29) is 0 Å². The number of fused-ring (bicyclic) bond motifs is 2. The van der Waals surface area contributed by atoms with Crippen molar-refractivity contribution >= 4 is 38.3 Å². The Morgan fingerprint density at radius 1 is 1.14 bits per heavy atom. The number of hydrogen-bond acceptors (Lipinski definition) is 5. The van der Waals surface area contributed by atoms with E-state index in [9.17, 15) is 0 Å². The van der Waals surface area contributed by atoms with Gasteiger partial charge in [0.05, 0.1) is 10.9 Å². The second kappa shape index (κ2) is 4.56.